The van der Waals surface area contributed by atoms with Crippen molar-refractivity contribution in [1.82, 2.24) is 5.32 Å². The second-order valence-corrected chi connectivity index (χ2v) is 17.2. The Hall–Kier alpha value is -1.39. The summed E-state index contributed by atoms with van der Waals surface area (Å²) in [5, 5.41) is 22.8. The molecule has 0 saturated heterocycles. The van der Waals surface area contributed by atoms with Crippen LogP contribution in [0, 0.1) is 0 Å². The molecule has 0 aromatic carbocycles. The van der Waals surface area contributed by atoms with Crippen LogP contribution in [0.4, 0.5) is 0 Å². The Balaban J connectivity index is 3.34. The van der Waals surface area contributed by atoms with Gasteiger partial charge in [-0.25, -0.2) is 0 Å². The molecular weight excluding hydrogens is 687 g/mol. The number of hydrogen-bond acceptors (Lipinski definition) is 3. The first-order valence-corrected chi connectivity index (χ1v) is 25.2. The molecule has 0 aromatic rings. The first-order valence-electron chi connectivity index (χ1n) is 25.2. The minimum absolute atomic E-state index is 0.0772. The lowest BCUT2D eigenvalue weighted by atomic mass is 10.0. The van der Waals surface area contributed by atoms with Gasteiger partial charge in [0.15, 0.2) is 0 Å². The Bertz CT molecular complexity index is 851. The van der Waals surface area contributed by atoms with Crippen LogP contribution >= 0.6 is 0 Å². The van der Waals surface area contributed by atoms with Gasteiger partial charge in [0.05, 0.1) is 18.8 Å². The fourth-order valence-corrected chi connectivity index (χ4v) is 7.87. The van der Waals surface area contributed by atoms with E-state index in [1.807, 2.05) is 13.0 Å². The van der Waals surface area contributed by atoms with E-state index in [4.69, 9.17) is 0 Å². The molecule has 0 rings (SSSR count). The Morgan fingerprint density at radius 2 is 0.732 bits per heavy atom. The predicted molar refractivity (Wildman–Crippen MR) is 248 cm³/mol. The molecule has 0 spiro atoms. The zero-order valence-corrected chi connectivity index (χ0v) is 37.9. The molecule has 0 aliphatic carbocycles. The van der Waals surface area contributed by atoms with E-state index in [0.29, 0.717) is 6.42 Å². The van der Waals surface area contributed by atoms with Crippen molar-refractivity contribution in [3.05, 3.63) is 36.5 Å². The van der Waals surface area contributed by atoms with Gasteiger partial charge in [-0.15, -0.1) is 0 Å². The summed E-state index contributed by atoms with van der Waals surface area (Å²) in [4.78, 5) is 12.3. The van der Waals surface area contributed by atoms with Gasteiger partial charge in [-0.05, 0) is 39.0 Å². The van der Waals surface area contributed by atoms with E-state index in [2.05, 4.69) is 36.5 Å². The minimum Gasteiger partial charge on any atom is -0.394 e. The molecular formula is C52H99NO3. The van der Waals surface area contributed by atoms with E-state index in [9.17, 15) is 15.0 Å². The maximum Gasteiger partial charge on any atom is 0.220 e. The molecule has 2 unspecified atom stereocenters. The maximum absolute atomic E-state index is 12.3. The van der Waals surface area contributed by atoms with Crippen LogP contribution in [-0.2, 0) is 4.79 Å². The Morgan fingerprint density at radius 1 is 0.446 bits per heavy atom. The molecule has 0 fully saturated rings. The first kappa shape index (κ1) is 54.6. The van der Waals surface area contributed by atoms with Gasteiger partial charge < -0.3 is 15.5 Å². The molecule has 0 heterocycles. The Morgan fingerprint density at radius 3 is 1.04 bits per heavy atom. The van der Waals surface area contributed by atoms with Crippen LogP contribution in [0.2, 0.25) is 0 Å². The number of carbonyl (C=O) groups is 1. The summed E-state index contributed by atoms with van der Waals surface area (Å²) in [5.74, 6) is -0.0772. The fraction of sp³-hybridized carbons (Fsp3) is 0.865. The number of aliphatic hydroxyl groups is 2. The molecule has 1 amide bonds. The third-order valence-corrected chi connectivity index (χ3v) is 11.7. The molecule has 56 heavy (non-hydrogen) atoms. The van der Waals surface area contributed by atoms with Crippen molar-refractivity contribution in [2.45, 2.75) is 283 Å². The van der Waals surface area contributed by atoms with Crippen molar-refractivity contribution >= 4 is 5.91 Å². The van der Waals surface area contributed by atoms with Gasteiger partial charge in [-0.1, -0.05) is 262 Å². The maximum atomic E-state index is 12.3. The molecule has 2 atom stereocenters. The fourth-order valence-electron chi connectivity index (χ4n) is 7.87. The van der Waals surface area contributed by atoms with Crippen LogP contribution in [0.5, 0.6) is 0 Å². The topological polar surface area (TPSA) is 69.6 Å². The molecule has 0 bridgehead atoms. The Labute approximate surface area is 351 Å². The average Bonchev–Trinajstić information content (AvgIpc) is 3.20. The SMILES string of the molecule is C/C=C/CC/C=C/CC/C=C/C(O)C(CO)NC(=O)CCCCCCCCCCCCCCCCCCCCCCCCCCCCCCCCCCCCC. The summed E-state index contributed by atoms with van der Waals surface area (Å²) in [6, 6.07) is -0.641. The summed E-state index contributed by atoms with van der Waals surface area (Å²) in [5.41, 5.74) is 0. The lowest BCUT2D eigenvalue weighted by molar-refractivity contribution is -0.123. The van der Waals surface area contributed by atoms with Gasteiger partial charge in [0, 0.05) is 6.42 Å². The van der Waals surface area contributed by atoms with Crippen LogP contribution in [0.15, 0.2) is 36.5 Å². The van der Waals surface area contributed by atoms with Gasteiger partial charge in [0.2, 0.25) is 5.91 Å². The number of hydrogen-bond donors (Lipinski definition) is 3. The lowest BCUT2D eigenvalue weighted by Gasteiger charge is -2.19. The van der Waals surface area contributed by atoms with Crippen LogP contribution in [0.3, 0.4) is 0 Å². The number of aliphatic hydroxyl groups excluding tert-OH is 2. The number of rotatable bonds is 46. The molecule has 4 nitrogen and oxygen atoms in total. The van der Waals surface area contributed by atoms with Gasteiger partial charge in [0.25, 0.3) is 0 Å². The number of allylic oxidation sites excluding steroid dienone is 5. The third kappa shape index (κ3) is 43.7. The molecule has 0 aliphatic heterocycles. The predicted octanol–water partition coefficient (Wildman–Crippen LogP) is 16.1. The van der Waals surface area contributed by atoms with Gasteiger partial charge in [-0.3, -0.25) is 4.79 Å². The van der Waals surface area contributed by atoms with Gasteiger partial charge in [-0.2, -0.15) is 0 Å². The van der Waals surface area contributed by atoms with E-state index in [0.717, 1.165) is 38.5 Å². The van der Waals surface area contributed by atoms with E-state index in [1.54, 1.807) is 6.08 Å². The lowest BCUT2D eigenvalue weighted by Crippen LogP contribution is -2.45. The van der Waals surface area contributed by atoms with Crippen molar-refractivity contribution in [1.29, 1.82) is 0 Å². The molecule has 0 radical (unpaired) electrons. The zero-order chi connectivity index (χ0) is 40.7. The summed E-state index contributed by atoms with van der Waals surface area (Å²) in [7, 11) is 0. The first-order chi connectivity index (χ1) is 27.7. The highest BCUT2D eigenvalue weighted by Gasteiger charge is 2.17. The van der Waals surface area contributed by atoms with E-state index >= 15 is 0 Å². The van der Waals surface area contributed by atoms with E-state index in [1.165, 1.54) is 212 Å². The number of carbonyl (C=O) groups excluding carboxylic acids is 1. The smallest absolute Gasteiger partial charge is 0.220 e. The normalized spacial score (nSPS) is 13.1. The molecule has 0 aromatic heterocycles. The second kappa shape index (κ2) is 48.0. The van der Waals surface area contributed by atoms with Crippen LogP contribution in [-0.4, -0.2) is 34.9 Å². The Kier molecular flexibility index (Phi) is 46.8. The molecule has 4 heteroatoms. The quantitative estimate of drug-likeness (QED) is 0.0425. The summed E-state index contributed by atoms with van der Waals surface area (Å²) in [6.07, 6.45) is 64.8. The van der Waals surface area contributed by atoms with Gasteiger partial charge >= 0.3 is 0 Å². The van der Waals surface area contributed by atoms with Crippen molar-refractivity contribution in [2.24, 2.45) is 0 Å². The summed E-state index contributed by atoms with van der Waals surface area (Å²) >= 11 is 0. The monoisotopic (exact) mass is 786 g/mol. The minimum atomic E-state index is -0.865. The number of nitrogens with one attached hydrogen (secondary N) is 1. The third-order valence-electron chi connectivity index (χ3n) is 11.7. The average molecular weight is 786 g/mol. The number of unbranched alkanes of at least 4 members (excludes halogenated alkanes) is 36. The van der Waals surface area contributed by atoms with Crippen LogP contribution in [0.1, 0.15) is 271 Å². The molecule has 3 N–H and O–H groups in total. The van der Waals surface area contributed by atoms with Crippen molar-refractivity contribution < 1.29 is 15.0 Å². The van der Waals surface area contributed by atoms with E-state index in [-0.39, 0.29) is 12.5 Å². The number of amides is 1. The van der Waals surface area contributed by atoms with Crippen molar-refractivity contribution in [2.75, 3.05) is 6.61 Å². The van der Waals surface area contributed by atoms with Crippen LogP contribution in [0.25, 0.3) is 0 Å². The van der Waals surface area contributed by atoms with Crippen molar-refractivity contribution in [3.8, 4) is 0 Å². The largest absolute Gasteiger partial charge is 0.394 e. The highest BCUT2D eigenvalue weighted by atomic mass is 16.3. The van der Waals surface area contributed by atoms with Crippen LogP contribution < -0.4 is 5.32 Å². The summed E-state index contributed by atoms with van der Waals surface area (Å²) < 4.78 is 0. The van der Waals surface area contributed by atoms with Gasteiger partial charge in [0.1, 0.15) is 0 Å². The zero-order valence-electron chi connectivity index (χ0n) is 37.9. The molecule has 0 aliphatic rings. The summed E-state index contributed by atoms with van der Waals surface area (Å²) in [6.45, 7) is 4.08. The molecule has 0 saturated carbocycles. The van der Waals surface area contributed by atoms with E-state index < -0.39 is 12.1 Å². The molecule has 330 valence electrons. The second-order valence-electron chi connectivity index (χ2n) is 17.2. The van der Waals surface area contributed by atoms with Crippen molar-refractivity contribution in [3.63, 3.8) is 0 Å². The standard InChI is InChI=1S/C52H99NO3/c1-3-5-7-9-11-13-14-15-16-17-18-19-20-21-22-23-24-25-26-27-28-29-30-31-32-33-34-35-36-37-38-40-42-44-46-48-52(56)53-50(49-54)51(55)47-45-43-41-39-12-10-8-6-4-2/h4,6,12,39,45,47,50-51,54-55H,3,5,7-11,13-38,40-44,46,48-49H2,1-2H3,(H,53,56)/b6-4+,39-12+,47-45+. The highest BCUT2D eigenvalue weighted by Crippen LogP contribution is 2.17. The highest BCUT2D eigenvalue weighted by molar-refractivity contribution is 5.76.